The minimum absolute atomic E-state index is 0.258. The first-order valence-corrected chi connectivity index (χ1v) is 7.67. The van der Waals surface area contributed by atoms with Gasteiger partial charge >= 0.3 is 5.97 Å². The van der Waals surface area contributed by atoms with Crippen molar-refractivity contribution in [2.45, 2.75) is 13.8 Å². The molecule has 3 aromatic rings. The molecule has 0 aliphatic heterocycles. The molecule has 122 valence electrons. The molecule has 0 saturated carbocycles. The Hall–Kier alpha value is -2.88. The van der Waals surface area contributed by atoms with Crippen LogP contribution in [-0.2, 0) is 4.74 Å². The van der Waals surface area contributed by atoms with Crippen molar-refractivity contribution in [3.63, 3.8) is 0 Å². The molecule has 2 aromatic carbocycles. The first kappa shape index (κ1) is 16.0. The Labute approximate surface area is 139 Å². The quantitative estimate of drug-likeness (QED) is 0.606. The van der Waals surface area contributed by atoms with Crippen molar-refractivity contribution >= 4 is 23.0 Å². The summed E-state index contributed by atoms with van der Waals surface area (Å²) in [6, 6.07) is 9.55. The molecule has 3 nitrogen and oxygen atoms in total. The third-order valence-corrected chi connectivity index (χ3v) is 3.88. The molecule has 0 aliphatic carbocycles. The fourth-order valence-corrected chi connectivity index (χ4v) is 2.69. The summed E-state index contributed by atoms with van der Waals surface area (Å²) < 4.78 is 24.3. The zero-order valence-electron chi connectivity index (χ0n) is 13.6. The lowest BCUT2D eigenvalue weighted by Gasteiger charge is -2.04. The summed E-state index contributed by atoms with van der Waals surface area (Å²) in [6.07, 6.45) is 1.73. The number of hydrogen-bond acceptors (Lipinski definition) is 3. The van der Waals surface area contributed by atoms with Crippen LogP contribution in [0.5, 0.6) is 0 Å². The van der Waals surface area contributed by atoms with Crippen molar-refractivity contribution in [1.29, 1.82) is 0 Å². The van der Waals surface area contributed by atoms with Crippen LogP contribution in [-0.4, -0.2) is 12.6 Å². The first-order chi connectivity index (χ1) is 11.5. The lowest BCUT2D eigenvalue weighted by molar-refractivity contribution is 0.0529. The number of halogens is 1. The third kappa shape index (κ3) is 2.71. The van der Waals surface area contributed by atoms with E-state index in [-0.39, 0.29) is 12.4 Å². The number of furan rings is 1. The summed E-state index contributed by atoms with van der Waals surface area (Å²) in [6.45, 7) is 7.75. The average Bonchev–Trinajstić information content (AvgIpc) is 2.93. The summed E-state index contributed by atoms with van der Waals surface area (Å²) in [5.74, 6) is -0.434. The van der Waals surface area contributed by atoms with Crippen LogP contribution >= 0.6 is 0 Å². The van der Waals surface area contributed by atoms with Crippen LogP contribution in [0.2, 0.25) is 0 Å². The number of hydrogen-bond donors (Lipinski definition) is 0. The number of carbonyl (C=O) groups excluding carboxylic acids is 1. The van der Waals surface area contributed by atoms with Gasteiger partial charge in [-0.25, -0.2) is 9.18 Å². The van der Waals surface area contributed by atoms with Gasteiger partial charge in [-0.1, -0.05) is 12.7 Å². The highest BCUT2D eigenvalue weighted by atomic mass is 19.1. The van der Waals surface area contributed by atoms with Crippen molar-refractivity contribution in [3.8, 4) is 11.3 Å². The molecule has 0 radical (unpaired) electrons. The molecular formula is C20H17FO3. The first-order valence-electron chi connectivity index (χ1n) is 7.67. The average molecular weight is 324 g/mol. The van der Waals surface area contributed by atoms with Crippen LogP contribution in [0.1, 0.15) is 28.4 Å². The lowest BCUT2D eigenvalue weighted by atomic mass is 10.0. The summed E-state index contributed by atoms with van der Waals surface area (Å²) in [5.41, 5.74) is 3.46. The van der Waals surface area contributed by atoms with E-state index in [1.54, 1.807) is 25.1 Å². The maximum absolute atomic E-state index is 13.2. The highest BCUT2D eigenvalue weighted by Gasteiger charge is 2.23. The lowest BCUT2D eigenvalue weighted by Crippen LogP contribution is -2.05. The van der Waals surface area contributed by atoms with Gasteiger partial charge in [0.05, 0.1) is 6.61 Å². The third-order valence-electron chi connectivity index (χ3n) is 3.88. The van der Waals surface area contributed by atoms with Gasteiger partial charge in [0.15, 0.2) is 0 Å². The van der Waals surface area contributed by atoms with E-state index in [0.717, 1.165) is 11.1 Å². The highest BCUT2D eigenvalue weighted by molar-refractivity contribution is 6.09. The van der Waals surface area contributed by atoms with Crippen molar-refractivity contribution in [3.05, 3.63) is 65.5 Å². The van der Waals surface area contributed by atoms with E-state index in [4.69, 9.17) is 9.15 Å². The van der Waals surface area contributed by atoms with Crippen molar-refractivity contribution in [2.75, 3.05) is 6.61 Å². The second kappa shape index (κ2) is 6.32. The maximum atomic E-state index is 13.2. The molecule has 0 N–H and O–H groups in total. The van der Waals surface area contributed by atoms with Crippen LogP contribution in [0, 0.1) is 12.7 Å². The van der Waals surface area contributed by atoms with E-state index in [9.17, 15) is 9.18 Å². The van der Waals surface area contributed by atoms with Crippen LogP contribution in [0.4, 0.5) is 4.39 Å². The zero-order valence-corrected chi connectivity index (χ0v) is 13.6. The number of aryl methyl sites for hydroxylation is 1. The maximum Gasteiger partial charge on any atom is 0.342 e. The SMILES string of the molecule is C=Cc1cc2c(C(=O)OCC)c(-c3ccc(F)cc3)oc2cc1C. The van der Waals surface area contributed by atoms with E-state index < -0.39 is 5.97 Å². The number of fused-ring (bicyclic) bond motifs is 1. The molecule has 0 fully saturated rings. The van der Waals surface area contributed by atoms with Gasteiger partial charge in [-0.3, -0.25) is 0 Å². The topological polar surface area (TPSA) is 39.4 Å². The minimum atomic E-state index is -0.463. The Bertz CT molecular complexity index is 920. The van der Waals surface area contributed by atoms with Gasteiger partial charge in [0.2, 0.25) is 0 Å². The van der Waals surface area contributed by atoms with Crippen LogP contribution in [0.3, 0.4) is 0 Å². The Morgan fingerprint density at radius 3 is 2.62 bits per heavy atom. The van der Waals surface area contributed by atoms with Gasteiger partial charge in [-0.15, -0.1) is 0 Å². The van der Waals surface area contributed by atoms with Crippen molar-refractivity contribution < 1.29 is 18.3 Å². The number of esters is 1. The van der Waals surface area contributed by atoms with Crippen molar-refractivity contribution in [2.24, 2.45) is 0 Å². The minimum Gasteiger partial charge on any atom is -0.462 e. The summed E-state index contributed by atoms with van der Waals surface area (Å²) >= 11 is 0. The smallest absolute Gasteiger partial charge is 0.342 e. The summed E-state index contributed by atoms with van der Waals surface area (Å²) in [5, 5.41) is 0.660. The molecule has 0 bridgehead atoms. The molecule has 1 aromatic heterocycles. The Morgan fingerprint density at radius 2 is 2.00 bits per heavy atom. The number of ether oxygens (including phenoxy) is 1. The molecule has 0 atom stereocenters. The number of rotatable bonds is 4. The summed E-state index contributed by atoms with van der Waals surface area (Å²) in [7, 11) is 0. The fourth-order valence-electron chi connectivity index (χ4n) is 2.69. The van der Waals surface area contributed by atoms with Gasteiger partial charge in [-0.2, -0.15) is 0 Å². The Balaban J connectivity index is 2.30. The van der Waals surface area contributed by atoms with Gasteiger partial charge in [0.1, 0.15) is 22.7 Å². The molecule has 0 spiro atoms. The molecule has 0 aliphatic rings. The number of carbonyl (C=O) groups is 1. The normalized spacial score (nSPS) is 10.8. The molecule has 0 amide bonds. The summed E-state index contributed by atoms with van der Waals surface area (Å²) in [4.78, 5) is 12.5. The zero-order chi connectivity index (χ0) is 17.3. The predicted molar refractivity (Wildman–Crippen MR) is 92.4 cm³/mol. The second-order valence-electron chi connectivity index (χ2n) is 5.44. The van der Waals surface area contributed by atoms with E-state index in [0.29, 0.717) is 27.9 Å². The van der Waals surface area contributed by atoms with Gasteiger partial charge in [0.25, 0.3) is 0 Å². The number of benzene rings is 2. The van der Waals surface area contributed by atoms with E-state index in [1.165, 1.54) is 12.1 Å². The van der Waals surface area contributed by atoms with Gasteiger partial charge in [0, 0.05) is 10.9 Å². The van der Waals surface area contributed by atoms with E-state index in [2.05, 4.69) is 6.58 Å². The largest absolute Gasteiger partial charge is 0.462 e. The molecule has 0 unspecified atom stereocenters. The van der Waals surface area contributed by atoms with Crippen LogP contribution in [0.15, 0.2) is 47.4 Å². The highest BCUT2D eigenvalue weighted by Crippen LogP contribution is 2.36. The molecule has 24 heavy (non-hydrogen) atoms. The Morgan fingerprint density at radius 1 is 1.29 bits per heavy atom. The molecule has 3 rings (SSSR count). The van der Waals surface area contributed by atoms with Gasteiger partial charge in [-0.05, 0) is 61.4 Å². The van der Waals surface area contributed by atoms with E-state index >= 15 is 0 Å². The van der Waals surface area contributed by atoms with Gasteiger partial charge < -0.3 is 9.15 Å². The monoisotopic (exact) mass is 324 g/mol. The fraction of sp³-hybridized carbons (Fsp3) is 0.150. The molecule has 4 heteroatoms. The van der Waals surface area contributed by atoms with Crippen LogP contribution < -0.4 is 0 Å². The van der Waals surface area contributed by atoms with Crippen molar-refractivity contribution in [1.82, 2.24) is 0 Å². The van der Waals surface area contributed by atoms with Crippen LogP contribution in [0.25, 0.3) is 28.4 Å². The standard InChI is InChI=1S/C20H17FO3/c1-4-13-11-16-17(10-12(13)3)24-19(18(16)20(22)23-5-2)14-6-8-15(21)9-7-14/h4,6-11H,1,5H2,2-3H3. The molecular weight excluding hydrogens is 307 g/mol. The second-order valence-corrected chi connectivity index (χ2v) is 5.44. The molecule has 0 saturated heterocycles. The van der Waals surface area contributed by atoms with E-state index in [1.807, 2.05) is 19.1 Å². The predicted octanol–water partition coefficient (Wildman–Crippen LogP) is 5.37. The molecule has 1 heterocycles. The Kier molecular flexibility index (Phi) is 4.21.